The highest BCUT2D eigenvalue weighted by Gasteiger charge is 2.44. The van der Waals surface area contributed by atoms with Crippen LogP contribution in [0.4, 0.5) is 0 Å². The van der Waals surface area contributed by atoms with Crippen LogP contribution in [0.25, 0.3) is 0 Å². The Morgan fingerprint density at radius 2 is 0.982 bits per heavy atom. The average Bonchev–Trinajstić information content (AvgIpc) is 3.19. The number of rotatable bonds is 38. The van der Waals surface area contributed by atoms with Gasteiger partial charge in [0.25, 0.3) is 0 Å². The normalized spacial score (nSPS) is 20.6. The predicted molar refractivity (Wildman–Crippen MR) is 224 cm³/mol. The molecule has 0 radical (unpaired) electrons. The highest BCUT2D eigenvalue weighted by atomic mass is 16.7. The number of ether oxygens (including phenoxy) is 4. The fourth-order valence-electron chi connectivity index (χ4n) is 6.91. The van der Waals surface area contributed by atoms with Crippen molar-refractivity contribution in [3.8, 4) is 0 Å². The Labute approximate surface area is 341 Å². The summed E-state index contributed by atoms with van der Waals surface area (Å²) >= 11 is 0. The van der Waals surface area contributed by atoms with E-state index >= 15 is 0 Å². The summed E-state index contributed by atoms with van der Waals surface area (Å²) in [6.07, 6.45) is 33.7. The van der Waals surface area contributed by atoms with Gasteiger partial charge < -0.3 is 39.4 Å². The number of carbonyl (C=O) groups excluding carboxylic acids is 2. The van der Waals surface area contributed by atoms with Gasteiger partial charge >= 0.3 is 11.9 Å². The molecule has 0 spiro atoms. The monoisotopic (exact) mass is 797 g/mol. The zero-order valence-electron chi connectivity index (χ0n) is 35.6. The fraction of sp³-hybridized carbons (Fsp3) is 0.870. The van der Waals surface area contributed by atoms with Crippen LogP contribution < -0.4 is 0 Å². The zero-order valence-corrected chi connectivity index (χ0v) is 35.6. The Kier molecular flexibility index (Phi) is 34.9. The molecule has 1 fully saturated rings. The maximum atomic E-state index is 12.6. The van der Waals surface area contributed by atoms with Gasteiger partial charge in [-0.05, 0) is 44.9 Å². The summed E-state index contributed by atoms with van der Waals surface area (Å²) in [5, 5.41) is 39.9. The van der Waals surface area contributed by atoms with E-state index in [-0.39, 0.29) is 26.1 Å². The molecule has 4 N–H and O–H groups in total. The number of allylic oxidation sites excluding steroid dienone is 4. The number of carbonyl (C=O) groups is 2. The molecule has 10 heteroatoms. The summed E-state index contributed by atoms with van der Waals surface area (Å²) in [4.78, 5) is 25.2. The molecule has 0 bridgehead atoms. The number of aliphatic hydroxyl groups excluding tert-OH is 4. The summed E-state index contributed by atoms with van der Waals surface area (Å²) in [6.45, 7) is 3.36. The quantitative estimate of drug-likeness (QED) is 0.0270. The molecule has 56 heavy (non-hydrogen) atoms. The van der Waals surface area contributed by atoms with E-state index in [1.54, 1.807) is 0 Å². The Morgan fingerprint density at radius 1 is 0.536 bits per heavy atom. The minimum atomic E-state index is -1.60. The number of esters is 2. The Balaban J connectivity index is 2.24. The lowest BCUT2D eigenvalue weighted by Gasteiger charge is -2.39. The molecule has 2 unspecified atom stereocenters. The molecule has 0 aromatic carbocycles. The van der Waals surface area contributed by atoms with Gasteiger partial charge in [-0.3, -0.25) is 9.59 Å². The second kappa shape index (κ2) is 37.5. The minimum absolute atomic E-state index is 0.218. The predicted octanol–water partition coefficient (Wildman–Crippen LogP) is 9.72. The van der Waals surface area contributed by atoms with Gasteiger partial charge in [-0.15, -0.1) is 0 Å². The van der Waals surface area contributed by atoms with Crippen LogP contribution >= 0.6 is 0 Å². The first-order valence-electron chi connectivity index (χ1n) is 22.9. The summed E-state index contributed by atoms with van der Waals surface area (Å²) in [5.74, 6) is -0.856. The molecule has 1 aliphatic heterocycles. The molecule has 10 nitrogen and oxygen atoms in total. The molecule has 6 atom stereocenters. The SMILES string of the molecule is CCCCCCCCCCCCCCCC/C=C/CC/C=C/CCCC(=O)OC[C@@H](CO[C@H]1O[C@@H](CO)[C@@H](O)C(O)C1O)OC(=O)CCCCCCCCCC. The van der Waals surface area contributed by atoms with Crippen LogP contribution in [-0.4, -0.2) is 89.0 Å². The molecule has 1 heterocycles. The van der Waals surface area contributed by atoms with Gasteiger partial charge in [0.1, 0.15) is 31.0 Å². The van der Waals surface area contributed by atoms with Crippen molar-refractivity contribution in [2.45, 2.75) is 237 Å². The van der Waals surface area contributed by atoms with Gasteiger partial charge in [0.15, 0.2) is 12.4 Å². The zero-order chi connectivity index (χ0) is 40.9. The van der Waals surface area contributed by atoms with Gasteiger partial charge in [0.2, 0.25) is 0 Å². The largest absolute Gasteiger partial charge is 0.462 e. The van der Waals surface area contributed by atoms with Gasteiger partial charge in [0, 0.05) is 12.8 Å². The molecule has 0 aliphatic carbocycles. The summed E-state index contributed by atoms with van der Waals surface area (Å²) < 4.78 is 22.0. The van der Waals surface area contributed by atoms with Crippen LogP contribution in [0, 0.1) is 0 Å². The van der Waals surface area contributed by atoms with E-state index in [1.807, 2.05) is 0 Å². The number of unbranched alkanes of at least 4 members (excludes halogenated alkanes) is 23. The molecular weight excluding hydrogens is 712 g/mol. The summed E-state index contributed by atoms with van der Waals surface area (Å²) in [5.41, 5.74) is 0. The standard InChI is InChI=1S/C46H84O10/c1-3-5-7-9-11-13-14-15-16-17-18-19-20-21-22-23-24-25-26-27-29-30-32-34-41(48)53-37-39(55-42(49)35-33-31-28-12-10-8-6-4-2)38-54-46-45(52)44(51)43(50)40(36-47)56-46/h23-24,27,29,39-40,43-47,50-52H,3-22,25-26,28,30-38H2,1-2H3/b24-23+,29-27+/t39-,40-,43+,44?,45?,46-/m0/s1. The molecule has 0 saturated carbocycles. The van der Waals surface area contributed by atoms with Gasteiger partial charge in [-0.25, -0.2) is 0 Å². The molecular formula is C46H84O10. The fourth-order valence-corrected chi connectivity index (χ4v) is 6.91. The van der Waals surface area contributed by atoms with Gasteiger partial charge in [-0.2, -0.15) is 0 Å². The maximum Gasteiger partial charge on any atom is 0.306 e. The van der Waals surface area contributed by atoms with E-state index < -0.39 is 55.4 Å². The van der Waals surface area contributed by atoms with Crippen LogP contribution in [0.1, 0.15) is 200 Å². The highest BCUT2D eigenvalue weighted by molar-refractivity contribution is 5.70. The molecule has 0 aromatic heterocycles. The highest BCUT2D eigenvalue weighted by Crippen LogP contribution is 2.23. The van der Waals surface area contributed by atoms with Gasteiger partial charge in [0.05, 0.1) is 13.2 Å². The Hall–Kier alpha value is -1.82. The van der Waals surface area contributed by atoms with Crippen molar-refractivity contribution >= 4 is 11.9 Å². The third kappa shape index (κ3) is 28.6. The lowest BCUT2D eigenvalue weighted by molar-refractivity contribution is -0.305. The van der Waals surface area contributed by atoms with Crippen LogP contribution in [0.5, 0.6) is 0 Å². The second-order valence-corrected chi connectivity index (χ2v) is 15.8. The summed E-state index contributed by atoms with van der Waals surface area (Å²) in [7, 11) is 0. The van der Waals surface area contributed by atoms with E-state index in [0.29, 0.717) is 12.8 Å². The lowest BCUT2D eigenvalue weighted by Crippen LogP contribution is -2.59. The Bertz CT molecular complexity index is 970. The van der Waals surface area contributed by atoms with Crippen LogP contribution in [0.2, 0.25) is 0 Å². The molecule has 0 aromatic rings. The van der Waals surface area contributed by atoms with Crippen LogP contribution in [-0.2, 0) is 28.5 Å². The lowest BCUT2D eigenvalue weighted by atomic mass is 9.99. The van der Waals surface area contributed by atoms with Crippen molar-refractivity contribution < 1.29 is 49.0 Å². The van der Waals surface area contributed by atoms with Crippen molar-refractivity contribution in [2.75, 3.05) is 19.8 Å². The first kappa shape index (κ1) is 52.2. The van der Waals surface area contributed by atoms with Crippen LogP contribution in [0.3, 0.4) is 0 Å². The smallest absolute Gasteiger partial charge is 0.306 e. The topological polar surface area (TPSA) is 152 Å². The number of hydrogen-bond acceptors (Lipinski definition) is 10. The summed E-state index contributed by atoms with van der Waals surface area (Å²) in [6, 6.07) is 0. The molecule has 1 aliphatic rings. The molecule has 1 rings (SSSR count). The first-order valence-corrected chi connectivity index (χ1v) is 22.9. The molecule has 0 amide bonds. The number of hydrogen-bond donors (Lipinski definition) is 4. The van der Waals surface area contributed by atoms with Crippen molar-refractivity contribution in [1.29, 1.82) is 0 Å². The van der Waals surface area contributed by atoms with Crippen molar-refractivity contribution in [2.24, 2.45) is 0 Å². The van der Waals surface area contributed by atoms with Gasteiger partial charge in [-0.1, -0.05) is 167 Å². The van der Waals surface area contributed by atoms with Crippen LogP contribution in [0.15, 0.2) is 24.3 Å². The van der Waals surface area contributed by atoms with E-state index in [4.69, 9.17) is 18.9 Å². The van der Waals surface area contributed by atoms with E-state index in [9.17, 15) is 30.0 Å². The first-order chi connectivity index (χ1) is 27.3. The molecule has 1 saturated heterocycles. The number of aliphatic hydroxyl groups is 4. The van der Waals surface area contributed by atoms with E-state index in [2.05, 4.69) is 38.2 Å². The minimum Gasteiger partial charge on any atom is -0.462 e. The van der Waals surface area contributed by atoms with Crippen molar-refractivity contribution in [3.05, 3.63) is 24.3 Å². The Morgan fingerprint density at radius 3 is 1.50 bits per heavy atom. The third-order valence-electron chi connectivity index (χ3n) is 10.6. The van der Waals surface area contributed by atoms with E-state index in [0.717, 1.165) is 44.9 Å². The maximum absolute atomic E-state index is 12.6. The molecule has 328 valence electrons. The van der Waals surface area contributed by atoms with E-state index in [1.165, 1.54) is 116 Å². The van der Waals surface area contributed by atoms with Crippen molar-refractivity contribution in [1.82, 2.24) is 0 Å². The second-order valence-electron chi connectivity index (χ2n) is 15.8. The van der Waals surface area contributed by atoms with Crippen molar-refractivity contribution in [3.63, 3.8) is 0 Å². The third-order valence-corrected chi connectivity index (χ3v) is 10.6. The average molecular weight is 797 g/mol.